The molecular formula is C16H17ClFNO. The van der Waals surface area contributed by atoms with Crippen LogP contribution in [0.4, 0.5) is 4.39 Å². The lowest BCUT2D eigenvalue weighted by molar-refractivity contribution is 0.401. The maximum Gasteiger partial charge on any atom is 0.146 e. The van der Waals surface area contributed by atoms with E-state index in [4.69, 9.17) is 16.3 Å². The first kappa shape index (κ1) is 14.8. The molecule has 0 aromatic heterocycles. The van der Waals surface area contributed by atoms with E-state index in [1.54, 1.807) is 25.3 Å². The van der Waals surface area contributed by atoms with Gasteiger partial charge in [0, 0.05) is 23.7 Å². The molecule has 2 aromatic carbocycles. The predicted molar refractivity (Wildman–Crippen MR) is 79.7 cm³/mol. The smallest absolute Gasteiger partial charge is 0.146 e. The summed E-state index contributed by atoms with van der Waals surface area (Å²) in [5.41, 5.74) is 1.59. The standard InChI is InChI=1S/C16H17ClFNO/c1-11(13-7-3-4-9-15(13)20-2)19-10-12-6-5-8-14(17)16(12)18/h3-9,11,19H,10H2,1-2H3/t11-/m1/s1. The number of halogens is 2. The van der Waals surface area contributed by atoms with Gasteiger partial charge in [-0.05, 0) is 19.1 Å². The van der Waals surface area contributed by atoms with Gasteiger partial charge in [0.25, 0.3) is 0 Å². The van der Waals surface area contributed by atoms with Gasteiger partial charge in [0.2, 0.25) is 0 Å². The molecule has 0 aliphatic rings. The highest BCUT2D eigenvalue weighted by atomic mass is 35.5. The molecule has 0 aliphatic heterocycles. The molecule has 0 heterocycles. The fourth-order valence-corrected chi connectivity index (χ4v) is 2.28. The topological polar surface area (TPSA) is 21.3 Å². The quantitative estimate of drug-likeness (QED) is 0.885. The zero-order valence-electron chi connectivity index (χ0n) is 11.5. The molecule has 0 amide bonds. The summed E-state index contributed by atoms with van der Waals surface area (Å²) in [6.07, 6.45) is 0. The van der Waals surface area contributed by atoms with E-state index in [9.17, 15) is 4.39 Å². The summed E-state index contributed by atoms with van der Waals surface area (Å²) in [5.74, 6) is 0.452. The van der Waals surface area contributed by atoms with E-state index < -0.39 is 0 Å². The number of nitrogens with one attached hydrogen (secondary N) is 1. The van der Waals surface area contributed by atoms with E-state index in [0.29, 0.717) is 12.1 Å². The van der Waals surface area contributed by atoms with Crippen LogP contribution in [0.2, 0.25) is 5.02 Å². The van der Waals surface area contributed by atoms with Crippen molar-refractivity contribution in [1.82, 2.24) is 5.32 Å². The Hall–Kier alpha value is -1.58. The predicted octanol–water partition coefficient (Wildman–Crippen LogP) is 4.34. The minimum atomic E-state index is -0.367. The molecule has 0 radical (unpaired) electrons. The monoisotopic (exact) mass is 293 g/mol. The van der Waals surface area contributed by atoms with Crippen molar-refractivity contribution in [3.8, 4) is 5.75 Å². The van der Waals surface area contributed by atoms with E-state index in [2.05, 4.69) is 5.32 Å². The van der Waals surface area contributed by atoms with Crippen molar-refractivity contribution in [2.24, 2.45) is 0 Å². The molecule has 0 saturated carbocycles. The Morgan fingerprint density at radius 1 is 1.20 bits per heavy atom. The highest BCUT2D eigenvalue weighted by Crippen LogP contribution is 2.25. The van der Waals surface area contributed by atoms with Gasteiger partial charge in [-0.15, -0.1) is 0 Å². The Bertz CT molecular complexity index is 588. The molecule has 0 spiro atoms. The van der Waals surface area contributed by atoms with E-state index in [-0.39, 0.29) is 16.9 Å². The minimum absolute atomic E-state index is 0.0459. The van der Waals surface area contributed by atoms with Gasteiger partial charge in [0.1, 0.15) is 11.6 Å². The number of methoxy groups -OCH3 is 1. The lowest BCUT2D eigenvalue weighted by Gasteiger charge is -2.17. The van der Waals surface area contributed by atoms with Crippen molar-refractivity contribution in [3.63, 3.8) is 0 Å². The minimum Gasteiger partial charge on any atom is -0.496 e. The molecule has 4 heteroatoms. The lowest BCUT2D eigenvalue weighted by atomic mass is 10.1. The third-order valence-electron chi connectivity index (χ3n) is 3.24. The van der Waals surface area contributed by atoms with Crippen molar-refractivity contribution in [2.75, 3.05) is 7.11 Å². The average Bonchev–Trinajstić information content (AvgIpc) is 2.48. The van der Waals surface area contributed by atoms with Crippen LogP contribution < -0.4 is 10.1 Å². The first-order chi connectivity index (χ1) is 9.63. The van der Waals surface area contributed by atoms with Crippen molar-refractivity contribution < 1.29 is 9.13 Å². The van der Waals surface area contributed by atoms with Gasteiger partial charge in [-0.3, -0.25) is 0 Å². The van der Waals surface area contributed by atoms with Crippen LogP contribution >= 0.6 is 11.6 Å². The molecule has 2 nitrogen and oxygen atoms in total. The molecule has 0 fully saturated rings. The van der Waals surface area contributed by atoms with Gasteiger partial charge in [-0.25, -0.2) is 4.39 Å². The third kappa shape index (κ3) is 3.30. The molecule has 2 aromatic rings. The molecule has 106 valence electrons. The molecule has 0 aliphatic carbocycles. The second kappa shape index (κ2) is 6.73. The summed E-state index contributed by atoms with van der Waals surface area (Å²) in [4.78, 5) is 0. The summed E-state index contributed by atoms with van der Waals surface area (Å²) >= 11 is 5.77. The zero-order valence-corrected chi connectivity index (χ0v) is 12.2. The summed E-state index contributed by atoms with van der Waals surface area (Å²) in [6, 6.07) is 12.8. The lowest BCUT2D eigenvalue weighted by Crippen LogP contribution is -2.19. The van der Waals surface area contributed by atoms with Crippen molar-refractivity contribution >= 4 is 11.6 Å². The average molecular weight is 294 g/mol. The summed E-state index contributed by atoms with van der Waals surface area (Å²) < 4.78 is 19.1. The highest BCUT2D eigenvalue weighted by Gasteiger charge is 2.12. The van der Waals surface area contributed by atoms with Gasteiger partial charge < -0.3 is 10.1 Å². The maximum atomic E-state index is 13.8. The van der Waals surface area contributed by atoms with Gasteiger partial charge >= 0.3 is 0 Å². The van der Waals surface area contributed by atoms with Gasteiger partial charge in [0.05, 0.1) is 12.1 Å². The van der Waals surface area contributed by atoms with Crippen LogP contribution in [-0.2, 0) is 6.54 Å². The highest BCUT2D eigenvalue weighted by molar-refractivity contribution is 6.30. The molecule has 0 unspecified atom stereocenters. The summed E-state index contributed by atoms with van der Waals surface area (Å²) in [5, 5.41) is 3.43. The van der Waals surface area contributed by atoms with Crippen LogP contribution in [0.3, 0.4) is 0 Å². The van der Waals surface area contributed by atoms with E-state index >= 15 is 0 Å². The molecular weight excluding hydrogens is 277 g/mol. The molecule has 20 heavy (non-hydrogen) atoms. The van der Waals surface area contributed by atoms with Gasteiger partial charge in [-0.2, -0.15) is 0 Å². The van der Waals surface area contributed by atoms with Crippen LogP contribution in [-0.4, -0.2) is 7.11 Å². The Labute approximate surface area is 123 Å². The molecule has 1 N–H and O–H groups in total. The Morgan fingerprint density at radius 2 is 1.95 bits per heavy atom. The molecule has 0 saturated heterocycles. The Kier molecular flexibility index (Phi) is 4.99. The number of hydrogen-bond acceptors (Lipinski definition) is 2. The van der Waals surface area contributed by atoms with Crippen molar-refractivity contribution in [1.29, 1.82) is 0 Å². The number of benzene rings is 2. The van der Waals surface area contributed by atoms with Crippen LogP contribution in [0.1, 0.15) is 24.1 Å². The Balaban J connectivity index is 2.09. The second-order valence-electron chi connectivity index (χ2n) is 4.56. The van der Waals surface area contributed by atoms with Crippen molar-refractivity contribution in [3.05, 3.63) is 64.4 Å². The largest absolute Gasteiger partial charge is 0.496 e. The van der Waals surface area contributed by atoms with Crippen LogP contribution in [0, 0.1) is 5.82 Å². The van der Waals surface area contributed by atoms with Crippen molar-refractivity contribution in [2.45, 2.75) is 19.5 Å². The zero-order chi connectivity index (χ0) is 14.5. The fraction of sp³-hybridized carbons (Fsp3) is 0.250. The molecule has 2 rings (SSSR count). The van der Waals surface area contributed by atoms with Crippen LogP contribution in [0.15, 0.2) is 42.5 Å². The fourth-order valence-electron chi connectivity index (χ4n) is 2.08. The van der Waals surface area contributed by atoms with Gasteiger partial charge in [0.15, 0.2) is 0 Å². The number of para-hydroxylation sites is 1. The first-order valence-corrected chi connectivity index (χ1v) is 6.80. The maximum absolute atomic E-state index is 13.8. The number of ether oxygens (including phenoxy) is 1. The van der Waals surface area contributed by atoms with Crippen LogP contribution in [0.5, 0.6) is 5.75 Å². The first-order valence-electron chi connectivity index (χ1n) is 6.42. The van der Waals surface area contributed by atoms with Crippen LogP contribution in [0.25, 0.3) is 0 Å². The SMILES string of the molecule is COc1ccccc1[C@@H](C)NCc1cccc(Cl)c1F. The van der Waals surface area contributed by atoms with Gasteiger partial charge in [-0.1, -0.05) is 41.9 Å². The summed E-state index contributed by atoms with van der Waals surface area (Å²) in [6.45, 7) is 2.42. The number of rotatable bonds is 5. The normalized spacial score (nSPS) is 12.2. The second-order valence-corrected chi connectivity index (χ2v) is 4.96. The molecule has 0 bridgehead atoms. The molecule has 1 atom stereocenters. The summed E-state index contributed by atoms with van der Waals surface area (Å²) in [7, 11) is 1.64. The van der Waals surface area contributed by atoms with E-state index in [0.717, 1.165) is 11.3 Å². The number of hydrogen-bond donors (Lipinski definition) is 1. The third-order valence-corrected chi connectivity index (χ3v) is 3.53. The van der Waals surface area contributed by atoms with E-state index in [1.165, 1.54) is 0 Å². The van der Waals surface area contributed by atoms with E-state index in [1.807, 2.05) is 31.2 Å². The Morgan fingerprint density at radius 3 is 2.70 bits per heavy atom.